The third kappa shape index (κ3) is 1.30. The van der Waals surface area contributed by atoms with Crippen LogP contribution in [0, 0.1) is 0 Å². The Kier molecular flexibility index (Phi) is 1.83. The molecule has 0 N–H and O–H groups in total. The number of hydrogen-bond acceptors (Lipinski definition) is 5. The Bertz CT molecular complexity index is 686. The first-order valence-corrected chi connectivity index (χ1v) is 4.64. The predicted molar refractivity (Wildman–Crippen MR) is 55.8 cm³/mol. The Morgan fingerprint density at radius 1 is 1.12 bits per heavy atom. The standard InChI is InChI=1S/C11H6N2O3/c14-11-7-3-1-2-4-8(7)13-10(16-11)9-12-5-6-15-9/h1-6H. The van der Waals surface area contributed by atoms with Crippen LogP contribution in [0.15, 0.2) is 50.4 Å². The van der Waals surface area contributed by atoms with Gasteiger partial charge in [-0.05, 0) is 12.1 Å². The molecule has 0 amide bonds. The van der Waals surface area contributed by atoms with Crippen LogP contribution in [0.1, 0.15) is 0 Å². The lowest BCUT2D eigenvalue weighted by atomic mass is 10.2. The highest BCUT2D eigenvalue weighted by atomic mass is 16.4. The highest BCUT2D eigenvalue weighted by Gasteiger charge is 2.10. The van der Waals surface area contributed by atoms with E-state index >= 15 is 0 Å². The lowest BCUT2D eigenvalue weighted by molar-refractivity contribution is 0.476. The molecule has 3 aromatic rings. The Hall–Kier alpha value is -2.43. The molecule has 0 fully saturated rings. The van der Waals surface area contributed by atoms with Gasteiger partial charge in [0.1, 0.15) is 6.26 Å². The van der Waals surface area contributed by atoms with Crippen molar-refractivity contribution < 1.29 is 8.83 Å². The second kappa shape index (κ2) is 3.30. The van der Waals surface area contributed by atoms with Crippen LogP contribution in [-0.4, -0.2) is 9.97 Å². The van der Waals surface area contributed by atoms with E-state index in [1.807, 2.05) is 0 Å². The van der Waals surface area contributed by atoms with E-state index in [-0.39, 0.29) is 11.8 Å². The smallest absolute Gasteiger partial charge is 0.347 e. The molecule has 0 bridgehead atoms. The quantitative estimate of drug-likeness (QED) is 0.618. The summed E-state index contributed by atoms with van der Waals surface area (Å²) in [4.78, 5) is 19.6. The number of fused-ring (bicyclic) bond motifs is 1. The summed E-state index contributed by atoms with van der Waals surface area (Å²) in [7, 11) is 0. The summed E-state index contributed by atoms with van der Waals surface area (Å²) in [5.41, 5.74) is 0.116. The molecule has 0 saturated heterocycles. The van der Waals surface area contributed by atoms with Crippen molar-refractivity contribution in [3.05, 3.63) is 47.1 Å². The molecule has 0 radical (unpaired) electrons. The van der Waals surface area contributed by atoms with Crippen LogP contribution in [0.5, 0.6) is 0 Å². The number of rotatable bonds is 1. The maximum Gasteiger partial charge on any atom is 0.347 e. The fourth-order valence-electron chi connectivity index (χ4n) is 1.44. The monoisotopic (exact) mass is 214 g/mol. The average molecular weight is 214 g/mol. The Morgan fingerprint density at radius 3 is 2.81 bits per heavy atom. The van der Waals surface area contributed by atoms with Gasteiger partial charge in [-0.2, -0.15) is 0 Å². The molecule has 5 nitrogen and oxygen atoms in total. The van der Waals surface area contributed by atoms with Crippen LogP contribution in [0.25, 0.3) is 22.7 Å². The van der Waals surface area contributed by atoms with Crippen LogP contribution in [-0.2, 0) is 0 Å². The highest BCUT2D eigenvalue weighted by Crippen LogP contribution is 2.15. The van der Waals surface area contributed by atoms with Crippen molar-refractivity contribution in [2.45, 2.75) is 0 Å². The van der Waals surface area contributed by atoms with Crippen molar-refractivity contribution in [3.8, 4) is 11.8 Å². The maximum absolute atomic E-state index is 11.6. The number of hydrogen-bond donors (Lipinski definition) is 0. The van der Waals surface area contributed by atoms with Gasteiger partial charge in [0.05, 0.1) is 17.1 Å². The van der Waals surface area contributed by atoms with E-state index in [1.54, 1.807) is 24.3 Å². The Balaban J connectivity index is 2.34. The molecular weight excluding hydrogens is 208 g/mol. The van der Waals surface area contributed by atoms with Crippen LogP contribution in [0.4, 0.5) is 0 Å². The van der Waals surface area contributed by atoms with Crippen molar-refractivity contribution in [3.63, 3.8) is 0 Å². The van der Waals surface area contributed by atoms with Crippen molar-refractivity contribution in [1.29, 1.82) is 0 Å². The first kappa shape index (κ1) is 8.84. The zero-order chi connectivity index (χ0) is 11.0. The number of nitrogens with zero attached hydrogens (tertiary/aromatic N) is 2. The molecule has 0 aliphatic carbocycles. The molecule has 0 unspecified atom stereocenters. The van der Waals surface area contributed by atoms with Gasteiger partial charge >= 0.3 is 5.63 Å². The van der Waals surface area contributed by atoms with Crippen molar-refractivity contribution >= 4 is 10.9 Å². The molecule has 0 spiro atoms. The highest BCUT2D eigenvalue weighted by molar-refractivity contribution is 5.77. The van der Waals surface area contributed by atoms with Gasteiger partial charge in [0.25, 0.3) is 11.8 Å². The number of benzene rings is 1. The number of para-hydroxylation sites is 1. The molecular formula is C11H6N2O3. The van der Waals surface area contributed by atoms with Gasteiger partial charge in [0, 0.05) is 0 Å². The van der Waals surface area contributed by atoms with E-state index in [4.69, 9.17) is 8.83 Å². The minimum atomic E-state index is -0.446. The van der Waals surface area contributed by atoms with Crippen LogP contribution >= 0.6 is 0 Å². The van der Waals surface area contributed by atoms with Gasteiger partial charge in [0.15, 0.2) is 0 Å². The van der Waals surface area contributed by atoms with Crippen LogP contribution in [0.2, 0.25) is 0 Å². The van der Waals surface area contributed by atoms with E-state index < -0.39 is 5.63 Å². The van der Waals surface area contributed by atoms with E-state index in [0.717, 1.165) is 0 Å². The van der Waals surface area contributed by atoms with Crippen molar-refractivity contribution in [1.82, 2.24) is 9.97 Å². The van der Waals surface area contributed by atoms with E-state index in [1.165, 1.54) is 12.5 Å². The van der Waals surface area contributed by atoms with Gasteiger partial charge in [-0.3, -0.25) is 0 Å². The molecule has 1 aromatic carbocycles. The van der Waals surface area contributed by atoms with Gasteiger partial charge in [-0.15, -0.1) is 0 Å². The van der Waals surface area contributed by atoms with Crippen molar-refractivity contribution in [2.24, 2.45) is 0 Å². The summed E-state index contributed by atoms with van der Waals surface area (Å²) in [5, 5.41) is 0.442. The number of oxazole rings is 1. The van der Waals surface area contributed by atoms with Gasteiger partial charge in [0.2, 0.25) is 0 Å². The van der Waals surface area contributed by atoms with Crippen LogP contribution in [0.3, 0.4) is 0 Å². The molecule has 0 aliphatic heterocycles. The molecule has 0 atom stereocenters. The molecule has 2 aromatic heterocycles. The first-order chi connectivity index (χ1) is 7.84. The number of aromatic nitrogens is 2. The SMILES string of the molecule is O=c1oc(-c2ncco2)nc2ccccc12. The van der Waals surface area contributed by atoms with Gasteiger partial charge in [-0.1, -0.05) is 12.1 Å². The summed E-state index contributed by atoms with van der Waals surface area (Å²) in [5.74, 6) is 0.288. The first-order valence-electron chi connectivity index (χ1n) is 4.64. The second-order valence-corrected chi connectivity index (χ2v) is 3.16. The molecule has 3 rings (SSSR count). The third-order valence-corrected chi connectivity index (χ3v) is 2.15. The lowest BCUT2D eigenvalue weighted by Crippen LogP contribution is -2.02. The zero-order valence-electron chi connectivity index (χ0n) is 8.08. The average Bonchev–Trinajstić information content (AvgIpc) is 2.82. The summed E-state index contributed by atoms with van der Waals surface area (Å²) in [6.07, 6.45) is 2.86. The van der Waals surface area contributed by atoms with E-state index in [9.17, 15) is 4.79 Å². The van der Waals surface area contributed by atoms with Crippen LogP contribution < -0.4 is 5.63 Å². The van der Waals surface area contributed by atoms with E-state index in [0.29, 0.717) is 10.9 Å². The molecule has 16 heavy (non-hydrogen) atoms. The van der Waals surface area contributed by atoms with E-state index in [2.05, 4.69) is 9.97 Å². The summed E-state index contributed by atoms with van der Waals surface area (Å²) in [6.45, 7) is 0. The zero-order valence-corrected chi connectivity index (χ0v) is 8.08. The largest absolute Gasteiger partial charge is 0.441 e. The molecule has 5 heteroatoms. The fraction of sp³-hybridized carbons (Fsp3) is 0. The fourth-order valence-corrected chi connectivity index (χ4v) is 1.44. The summed E-state index contributed by atoms with van der Waals surface area (Å²) >= 11 is 0. The summed E-state index contributed by atoms with van der Waals surface area (Å²) < 4.78 is 10.0. The maximum atomic E-state index is 11.6. The predicted octanol–water partition coefficient (Wildman–Crippen LogP) is 1.84. The molecule has 0 saturated carbocycles. The topological polar surface area (TPSA) is 69.1 Å². The molecule has 78 valence electrons. The minimum Gasteiger partial charge on any atom is -0.441 e. The normalized spacial score (nSPS) is 10.8. The molecule has 0 aliphatic rings. The van der Waals surface area contributed by atoms with Gasteiger partial charge in [-0.25, -0.2) is 14.8 Å². The third-order valence-electron chi connectivity index (χ3n) is 2.15. The van der Waals surface area contributed by atoms with Gasteiger partial charge < -0.3 is 8.83 Å². The molecule has 2 heterocycles. The second-order valence-electron chi connectivity index (χ2n) is 3.16. The Morgan fingerprint density at radius 2 is 2.00 bits per heavy atom. The summed E-state index contributed by atoms with van der Waals surface area (Å²) in [6, 6.07) is 6.95. The Labute approximate surface area is 89.4 Å². The minimum absolute atomic E-state index is 0.0914. The lowest BCUT2D eigenvalue weighted by Gasteiger charge is -1.96. The van der Waals surface area contributed by atoms with Crippen molar-refractivity contribution in [2.75, 3.05) is 0 Å².